The van der Waals surface area contributed by atoms with Crippen molar-refractivity contribution < 1.29 is 10.2 Å². The van der Waals surface area contributed by atoms with Gasteiger partial charge in [-0.15, -0.1) is 0 Å². The third-order valence-corrected chi connectivity index (χ3v) is 6.87. The summed E-state index contributed by atoms with van der Waals surface area (Å²) in [7, 11) is 0.464. The summed E-state index contributed by atoms with van der Waals surface area (Å²) in [5.74, 6) is 0.402. The zero-order valence-electron chi connectivity index (χ0n) is 16.5. The van der Waals surface area contributed by atoms with Crippen molar-refractivity contribution in [3.05, 3.63) is 58.1 Å². The van der Waals surface area contributed by atoms with Crippen LogP contribution in [-0.4, -0.2) is 10.2 Å². The summed E-state index contributed by atoms with van der Waals surface area (Å²) in [6.07, 6.45) is 0.918. The molecule has 0 aliphatic carbocycles. The molecule has 2 nitrogen and oxygen atoms in total. The summed E-state index contributed by atoms with van der Waals surface area (Å²) in [5.41, 5.74) is 4.35. The average molecular weight is 358 g/mol. The topological polar surface area (TPSA) is 40.5 Å². The minimum Gasteiger partial charge on any atom is -0.507 e. The first-order valence-corrected chi connectivity index (χ1v) is 9.90. The van der Waals surface area contributed by atoms with E-state index >= 15 is 0 Å². The maximum atomic E-state index is 10.7. The molecule has 2 N–H and O–H groups in total. The normalized spacial score (nSPS) is 14.9. The third kappa shape index (κ3) is 4.25. The van der Waals surface area contributed by atoms with Crippen molar-refractivity contribution in [2.24, 2.45) is 0 Å². The van der Waals surface area contributed by atoms with Gasteiger partial charge in [-0.3, -0.25) is 0 Å². The molecule has 2 unspecified atom stereocenters. The second-order valence-corrected chi connectivity index (χ2v) is 9.79. The number of benzene rings is 2. The van der Waals surface area contributed by atoms with Gasteiger partial charge in [0.05, 0.1) is 5.60 Å². The highest BCUT2D eigenvalue weighted by Crippen LogP contribution is 2.49. The highest BCUT2D eigenvalue weighted by atomic mass is 31.1. The van der Waals surface area contributed by atoms with Crippen LogP contribution in [0.5, 0.6) is 5.75 Å². The van der Waals surface area contributed by atoms with Crippen molar-refractivity contribution in [3.63, 3.8) is 0 Å². The molecule has 3 heteroatoms. The first-order chi connectivity index (χ1) is 11.5. The molecule has 2 aromatic carbocycles. The van der Waals surface area contributed by atoms with Gasteiger partial charge in [0.2, 0.25) is 0 Å². The molecule has 25 heavy (non-hydrogen) atoms. The fourth-order valence-corrected chi connectivity index (χ4v) is 5.07. The highest BCUT2D eigenvalue weighted by Gasteiger charge is 2.31. The number of hydrogen-bond donors (Lipinski definition) is 2. The van der Waals surface area contributed by atoms with Gasteiger partial charge in [0, 0.05) is 10.7 Å². The Hall–Kier alpha value is -1.37. The van der Waals surface area contributed by atoms with E-state index in [2.05, 4.69) is 52.0 Å². The molecule has 0 fully saturated rings. The molecule has 136 valence electrons. The number of phenols is 1. The third-order valence-electron chi connectivity index (χ3n) is 4.99. The van der Waals surface area contributed by atoms with Crippen LogP contribution in [0.2, 0.25) is 0 Å². The van der Waals surface area contributed by atoms with E-state index in [9.17, 15) is 10.2 Å². The number of aromatic hydroxyl groups is 1. The van der Waals surface area contributed by atoms with E-state index in [0.717, 1.165) is 28.7 Å². The van der Waals surface area contributed by atoms with Crippen molar-refractivity contribution in [2.45, 2.75) is 65.6 Å². The molecule has 2 atom stereocenters. The van der Waals surface area contributed by atoms with Gasteiger partial charge in [-0.2, -0.15) is 0 Å². The van der Waals surface area contributed by atoms with Crippen LogP contribution in [0.4, 0.5) is 0 Å². The summed E-state index contributed by atoms with van der Waals surface area (Å²) >= 11 is 0. The lowest BCUT2D eigenvalue weighted by atomic mass is 9.93. The van der Waals surface area contributed by atoms with Gasteiger partial charge in [0.25, 0.3) is 0 Å². The van der Waals surface area contributed by atoms with Crippen molar-refractivity contribution in [3.8, 4) is 5.75 Å². The summed E-state index contributed by atoms with van der Waals surface area (Å²) in [4.78, 5) is 0. The van der Waals surface area contributed by atoms with Crippen molar-refractivity contribution in [1.29, 1.82) is 0 Å². The first-order valence-electron chi connectivity index (χ1n) is 8.90. The van der Waals surface area contributed by atoms with E-state index in [0.29, 0.717) is 14.3 Å². The van der Waals surface area contributed by atoms with E-state index < -0.39 is 5.60 Å². The summed E-state index contributed by atoms with van der Waals surface area (Å²) in [6, 6.07) is 10.5. The SMILES string of the molecule is CCC(C)(Pc1ccc(C)cc1C(C)(C)O)c1cc(C)cc(C)c1O. The van der Waals surface area contributed by atoms with Crippen LogP contribution < -0.4 is 5.30 Å². The van der Waals surface area contributed by atoms with Gasteiger partial charge >= 0.3 is 0 Å². The van der Waals surface area contributed by atoms with Crippen molar-refractivity contribution >= 4 is 13.9 Å². The molecule has 0 amide bonds. The number of aryl methyl sites for hydroxylation is 3. The Labute approximate surface area is 154 Å². The summed E-state index contributed by atoms with van der Waals surface area (Å²) in [5, 5.41) is 22.3. The Morgan fingerprint density at radius 2 is 1.52 bits per heavy atom. The molecule has 2 aromatic rings. The zero-order valence-corrected chi connectivity index (χ0v) is 17.5. The van der Waals surface area contributed by atoms with Gasteiger partial charge in [0.1, 0.15) is 5.75 Å². The Kier molecular flexibility index (Phi) is 5.66. The van der Waals surface area contributed by atoms with Gasteiger partial charge < -0.3 is 10.2 Å². The standard InChI is InChI=1S/C22H31O2P/c1-8-22(7,18-13-15(3)11-16(4)20(18)23)25-19-10-9-14(2)12-17(19)21(5,6)24/h9-13,23-25H,8H2,1-7H3. The smallest absolute Gasteiger partial charge is 0.122 e. The Balaban J connectivity index is 2.57. The Morgan fingerprint density at radius 3 is 2.08 bits per heavy atom. The molecular weight excluding hydrogens is 327 g/mol. The maximum Gasteiger partial charge on any atom is 0.122 e. The van der Waals surface area contributed by atoms with Crippen LogP contribution >= 0.6 is 8.58 Å². The molecule has 0 aliphatic heterocycles. The Bertz CT molecular complexity index is 774. The fraction of sp³-hybridized carbons (Fsp3) is 0.455. The second kappa shape index (κ2) is 7.09. The lowest BCUT2D eigenvalue weighted by Crippen LogP contribution is -2.27. The minimum absolute atomic E-state index is 0.171. The van der Waals surface area contributed by atoms with Crippen molar-refractivity contribution in [1.82, 2.24) is 0 Å². The number of aliphatic hydroxyl groups is 1. The van der Waals surface area contributed by atoms with Gasteiger partial charge in [-0.1, -0.05) is 63.9 Å². The summed E-state index contributed by atoms with van der Waals surface area (Å²) < 4.78 is 0. The van der Waals surface area contributed by atoms with Crippen LogP contribution in [-0.2, 0) is 10.8 Å². The van der Waals surface area contributed by atoms with Gasteiger partial charge in [0.15, 0.2) is 0 Å². The molecule has 0 saturated carbocycles. The monoisotopic (exact) mass is 358 g/mol. The first kappa shape index (κ1) is 19.9. The number of phenolic OH excluding ortho intramolecular Hbond substituents is 1. The number of hydrogen-bond acceptors (Lipinski definition) is 2. The lowest BCUT2D eigenvalue weighted by Gasteiger charge is -2.33. The highest BCUT2D eigenvalue weighted by molar-refractivity contribution is 7.48. The van der Waals surface area contributed by atoms with Gasteiger partial charge in [-0.05, 0) is 57.5 Å². The largest absolute Gasteiger partial charge is 0.507 e. The van der Waals surface area contributed by atoms with E-state index in [1.807, 2.05) is 26.8 Å². The molecule has 2 rings (SSSR count). The van der Waals surface area contributed by atoms with Crippen LogP contribution in [0.15, 0.2) is 30.3 Å². The van der Waals surface area contributed by atoms with E-state index in [1.165, 1.54) is 10.9 Å². The second-order valence-electron chi connectivity index (χ2n) is 7.90. The molecule has 0 saturated heterocycles. The molecule has 0 aliphatic rings. The molecule has 0 radical (unpaired) electrons. The van der Waals surface area contributed by atoms with Crippen LogP contribution in [0.1, 0.15) is 61.9 Å². The quantitative estimate of drug-likeness (QED) is 0.724. The number of rotatable bonds is 5. The van der Waals surface area contributed by atoms with E-state index in [4.69, 9.17) is 0 Å². The zero-order chi connectivity index (χ0) is 19.0. The minimum atomic E-state index is -0.881. The van der Waals surface area contributed by atoms with Crippen LogP contribution in [0.25, 0.3) is 0 Å². The van der Waals surface area contributed by atoms with Crippen LogP contribution in [0, 0.1) is 20.8 Å². The summed E-state index contributed by atoms with van der Waals surface area (Å²) in [6.45, 7) is 14.1. The Morgan fingerprint density at radius 1 is 0.920 bits per heavy atom. The van der Waals surface area contributed by atoms with Crippen LogP contribution in [0.3, 0.4) is 0 Å². The molecule has 0 bridgehead atoms. The lowest BCUT2D eigenvalue weighted by molar-refractivity contribution is 0.0796. The molecular formula is C22H31O2P. The van der Waals surface area contributed by atoms with E-state index in [1.54, 1.807) is 0 Å². The van der Waals surface area contributed by atoms with Gasteiger partial charge in [-0.25, -0.2) is 0 Å². The van der Waals surface area contributed by atoms with E-state index in [-0.39, 0.29) is 5.16 Å². The van der Waals surface area contributed by atoms with Crippen molar-refractivity contribution in [2.75, 3.05) is 0 Å². The molecule has 0 aromatic heterocycles. The fourth-order valence-electron chi connectivity index (χ4n) is 3.30. The predicted molar refractivity (Wildman–Crippen MR) is 110 cm³/mol. The molecule has 0 spiro atoms. The molecule has 0 heterocycles. The maximum absolute atomic E-state index is 10.7. The predicted octanol–water partition coefficient (Wildman–Crippen LogP) is 5.17. The average Bonchev–Trinajstić information content (AvgIpc) is 2.51.